The molecule has 10 heteroatoms. The molecule has 9 nitrogen and oxygen atoms in total. The highest BCUT2D eigenvalue weighted by Crippen LogP contribution is 2.38. The van der Waals surface area contributed by atoms with Crippen LogP contribution in [0.3, 0.4) is 0 Å². The average molecular weight is 669 g/mol. The van der Waals surface area contributed by atoms with E-state index in [1.54, 1.807) is 36.4 Å². The number of hydrogen-bond donors (Lipinski definition) is 0. The Balaban J connectivity index is 1.47. The molecule has 0 radical (unpaired) electrons. The number of quaternary nitrogens is 1. The van der Waals surface area contributed by atoms with E-state index in [-0.39, 0.29) is 8.78 Å². The van der Waals surface area contributed by atoms with Crippen LogP contribution < -0.4 is 9.80 Å². The SMILES string of the molecule is CCC[N+](CCC)(CCC)S(=O)(=O)c1ccc(N2C(=O)c3cccc4c(N=Nc5ccc(N(CC)CC)cc5C)ccc(c34)C2=O)cc1. The standard InChI is InChI=1S/C38H46N5O4S/c1-7-23-43(24-8-2,25-9-3)48(46,47)30-18-15-28(16-19-30)42-37(44)32-14-12-13-31-35(22-20-33(36(31)32)38(42)45)40-39-34-21-17-29(26-27(34)6)41(10-4)11-5/h12-22,26H,7-11,23-25H2,1-6H3/q+1. The predicted octanol–water partition coefficient (Wildman–Crippen LogP) is 8.95. The summed E-state index contributed by atoms with van der Waals surface area (Å²) in [5, 5.41) is 10.3. The Morgan fingerprint density at radius 3 is 1.83 bits per heavy atom. The van der Waals surface area contributed by atoms with Crippen LogP contribution in [0.2, 0.25) is 0 Å². The molecule has 1 heterocycles. The van der Waals surface area contributed by atoms with E-state index < -0.39 is 21.8 Å². The number of rotatable bonds is 14. The van der Waals surface area contributed by atoms with Gasteiger partial charge >= 0.3 is 10.0 Å². The number of benzene rings is 4. The summed E-state index contributed by atoms with van der Waals surface area (Å²) >= 11 is 0. The second kappa shape index (κ2) is 14.4. The summed E-state index contributed by atoms with van der Waals surface area (Å²) in [5.41, 5.74) is 4.49. The first kappa shape index (κ1) is 34.9. The zero-order chi connectivity index (χ0) is 34.6. The minimum Gasteiger partial charge on any atom is -0.372 e. The number of imide groups is 1. The second-order valence-electron chi connectivity index (χ2n) is 12.3. The van der Waals surface area contributed by atoms with E-state index in [2.05, 4.69) is 35.0 Å². The zero-order valence-electron chi connectivity index (χ0n) is 28.9. The first-order valence-corrected chi connectivity index (χ1v) is 18.4. The van der Waals surface area contributed by atoms with Crippen LogP contribution in [0.15, 0.2) is 87.9 Å². The lowest BCUT2D eigenvalue weighted by Crippen LogP contribution is -2.54. The number of carbonyl (C=O) groups excluding carboxylic acids is 2. The van der Waals surface area contributed by atoms with Gasteiger partial charge in [0.1, 0.15) is 4.90 Å². The molecule has 2 amide bonds. The molecule has 4 aromatic rings. The Morgan fingerprint density at radius 1 is 0.708 bits per heavy atom. The van der Waals surface area contributed by atoms with Gasteiger partial charge in [0.15, 0.2) is 0 Å². The average Bonchev–Trinajstić information content (AvgIpc) is 3.08. The van der Waals surface area contributed by atoms with Crippen LogP contribution in [0.25, 0.3) is 10.8 Å². The van der Waals surface area contributed by atoms with Gasteiger partial charge in [-0.15, -0.1) is 5.11 Å². The minimum atomic E-state index is -3.72. The molecule has 252 valence electrons. The van der Waals surface area contributed by atoms with Crippen LogP contribution >= 0.6 is 0 Å². The highest BCUT2D eigenvalue weighted by Gasteiger charge is 2.41. The quantitative estimate of drug-likeness (QED) is 0.0759. The molecule has 1 aliphatic heterocycles. The van der Waals surface area contributed by atoms with Crippen LogP contribution in [-0.2, 0) is 10.0 Å². The topological polar surface area (TPSA) is 99.5 Å². The third-order valence-electron chi connectivity index (χ3n) is 9.26. The highest BCUT2D eigenvalue weighted by atomic mass is 32.2. The monoisotopic (exact) mass is 668 g/mol. The van der Waals surface area contributed by atoms with Gasteiger partial charge in [-0.2, -0.15) is 13.5 Å². The summed E-state index contributed by atoms with van der Waals surface area (Å²) in [6.07, 6.45) is 2.23. The molecule has 0 bridgehead atoms. The summed E-state index contributed by atoms with van der Waals surface area (Å²) < 4.78 is 28.0. The fraction of sp³-hybridized carbons (Fsp3) is 0.368. The van der Waals surface area contributed by atoms with Crippen LogP contribution in [0.1, 0.15) is 80.2 Å². The van der Waals surface area contributed by atoms with Crippen molar-refractivity contribution in [3.63, 3.8) is 0 Å². The normalized spacial score (nSPS) is 13.6. The van der Waals surface area contributed by atoms with Crippen LogP contribution in [0.5, 0.6) is 0 Å². The molecular weight excluding hydrogens is 623 g/mol. The molecule has 0 N–H and O–H groups in total. The first-order valence-electron chi connectivity index (χ1n) is 17.0. The first-order chi connectivity index (χ1) is 23.1. The molecule has 0 aromatic heterocycles. The van der Waals surface area contributed by atoms with Gasteiger partial charge in [-0.05, 0) is 106 Å². The lowest BCUT2D eigenvalue weighted by molar-refractivity contribution is -0.807. The number of sulfonamides is 1. The van der Waals surface area contributed by atoms with Crippen molar-refractivity contribution in [2.75, 3.05) is 42.5 Å². The third-order valence-corrected chi connectivity index (χ3v) is 11.7. The molecule has 0 saturated carbocycles. The smallest absolute Gasteiger partial charge is 0.327 e. The maximum Gasteiger partial charge on any atom is 0.327 e. The van der Waals surface area contributed by atoms with Crippen molar-refractivity contribution in [2.24, 2.45) is 10.2 Å². The number of aryl methyl sites for hydroxylation is 1. The summed E-state index contributed by atoms with van der Waals surface area (Å²) in [7, 11) is -3.72. The number of carbonyl (C=O) groups is 2. The van der Waals surface area contributed by atoms with Gasteiger partial charge in [-0.1, -0.05) is 32.9 Å². The van der Waals surface area contributed by atoms with Crippen LogP contribution in [0.4, 0.5) is 22.7 Å². The van der Waals surface area contributed by atoms with E-state index in [4.69, 9.17) is 0 Å². The molecule has 0 atom stereocenters. The number of azo groups is 1. The summed E-state index contributed by atoms with van der Waals surface area (Å²) in [4.78, 5) is 31.4. The summed E-state index contributed by atoms with van der Waals surface area (Å²) in [6, 6.07) is 21.0. The summed E-state index contributed by atoms with van der Waals surface area (Å²) in [6.45, 7) is 15.7. The molecule has 48 heavy (non-hydrogen) atoms. The van der Waals surface area contributed by atoms with Crippen molar-refractivity contribution >= 4 is 55.4 Å². The predicted molar refractivity (Wildman–Crippen MR) is 193 cm³/mol. The Kier molecular flexibility index (Phi) is 10.5. The summed E-state index contributed by atoms with van der Waals surface area (Å²) in [5.74, 6) is -0.947. The van der Waals surface area contributed by atoms with Crippen molar-refractivity contribution in [3.05, 3.63) is 89.5 Å². The van der Waals surface area contributed by atoms with Crippen molar-refractivity contribution in [2.45, 2.75) is 65.7 Å². The number of hydrogen-bond acceptors (Lipinski definition) is 7. The van der Waals surface area contributed by atoms with E-state index in [1.165, 1.54) is 12.1 Å². The molecule has 0 fully saturated rings. The van der Waals surface area contributed by atoms with Crippen LogP contribution in [-0.4, -0.2) is 56.8 Å². The lowest BCUT2D eigenvalue weighted by Gasteiger charge is -2.36. The number of nitrogens with zero attached hydrogens (tertiary/aromatic N) is 5. The molecule has 0 aliphatic carbocycles. The molecule has 1 aliphatic rings. The third kappa shape index (κ3) is 6.15. The van der Waals surface area contributed by atoms with Gasteiger partial charge in [0.25, 0.3) is 11.8 Å². The van der Waals surface area contributed by atoms with E-state index in [0.29, 0.717) is 52.9 Å². The van der Waals surface area contributed by atoms with Gasteiger partial charge < -0.3 is 4.90 Å². The van der Waals surface area contributed by atoms with E-state index in [9.17, 15) is 18.0 Å². The van der Waals surface area contributed by atoms with E-state index >= 15 is 0 Å². The molecule has 0 saturated heterocycles. The van der Waals surface area contributed by atoms with Gasteiger partial charge in [-0.25, -0.2) is 8.79 Å². The Labute approximate surface area is 284 Å². The Bertz CT molecular complexity index is 1930. The number of anilines is 2. The lowest BCUT2D eigenvalue weighted by atomic mass is 9.93. The van der Waals surface area contributed by atoms with Crippen molar-refractivity contribution < 1.29 is 21.9 Å². The molecule has 4 aromatic carbocycles. The molecular formula is C38H46N5O4S+. The fourth-order valence-corrected chi connectivity index (χ4v) is 9.15. The zero-order valence-corrected chi connectivity index (χ0v) is 29.7. The number of amides is 2. The fourth-order valence-electron chi connectivity index (χ4n) is 6.96. The van der Waals surface area contributed by atoms with Gasteiger partial charge in [0, 0.05) is 40.7 Å². The maximum atomic E-state index is 14.0. The van der Waals surface area contributed by atoms with E-state index in [0.717, 1.165) is 54.2 Å². The van der Waals surface area contributed by atoms with E-state index in [1.807, 2.05) is 45.9 Å². The Morgan fingerprint density at radius 2 is 1.27 bits per heavy atom. The molecule has 5 rings (SSSR count). The Hall–Kier alpha value is -4.41. The van der Waals surface area contributed by atoms with Gasteiger partial charge in [-0.3, -0.25) is 9.59 Å². The van der Waals surface area contributed by atoms with Crippen LogP contribution in [0, 0.1) is 6.92 Å². The van der Waals surface area contributed by atoms with Crippen molar-refractivity contribution in [1.82, 2.24) is 0 Å². The molecule has 0 unspecified atom stereocenters. The van der Waals surface area contributed by atoms with Crippen molar-refractivity contribution in [3.8, 4) is 0 Å². The second-order valence-corrected chi connectivity index (χ2v) is 14.5. The maximum absolute atomic E-state index is 14.0. The van der Waals surface area contributed by atoms with Gasteiger partial charge in [0.05, 0.1) is 36.7 Å². The highest BCUT2D eigenvalue weighted by molar-refractivity contribution is 7.86. The molecule has 0 spiro atoms. The largest absolute Gasteiger partial charge is 0.372 e. The minimum absolute atomic E-state index is 0.00629. The van der Waals surface area contributed by atoms with Gasteiger partial charge in [0.2, 0.25) is 0 Å². The van der Waals surface area contributed by atoms with Crippen molar-refractivity contribution in [1.29, 1.82) is 0 Å².